The maximum atomic E-state index is 13.3. The summed E-state index contributed by atoms with van der Waals surface area (Å²) in [6.07, 6.45) is 1.47. The highest BCUT2D eigenvalue weighted by Crippen LogP contribution is 2.24. The number of benzene rings is 3. The van der Waals surface area contributed by atoms with Crippen molar-refractivity contribution in [1.82, 2.24) is 5.32 Å². The van der Waals surface area contributed by atoms with Gasteiger partial charge in [-0.1, -0.05) is 42.5 Å². The van der Waals surface area contributed by atoms with Crippen LogP contribution in [0.25, 0.3) is 0 Å². The summed E-state index contributed by atoms with van der Waals surface area (Å²) in [6, 6.07) is 19.2. The topological polar surface area (TPSA) is 92.8 Å². The van der Waals surface area contributed by atoms with Crippen LogP contribution in [-0.2, 0) is 19.6 Å². The summed E-state index contributed by atoms with van der Waals surface area (Å²) in [4.78, 5) is 24.6. The van der Waals surface area contributed by atoms with Gasteiger partial charge in [-0.05, 0) is 55.0 Å². The third kappa shape index (κ3) is 6.54. The van der Waals surface area contributed by atoms with Crippen LogP contribution in [0.2, 0.25) is 0 Å². The molecule has 0 aliphatic rings. The molecule has 9 heteroatoms. The van der Waals surface area contributed by atoms with Crippen LogP contribution in [0, 0.1) is 5.82 Å². The van der Waals surface area contributed by atoms with Gasteiger partial charge in [-0.25, -0.2) is 17.6 Å². The van der Waals surface area contributed by atoms with Crippen molar-refractivity contribution < 1.29 is 27.1 Å². The fraction of sp³-hybridized carbons (Fsp3) is 0.154. The third-order valence-corrected chi connectivity index (χ3v) is 6.87. The molecule has 35 heavy (non-hydrogen) atoms. The largest absolute Gasteiger partial charge is 0.452 e. The number of anilines is 1. The van der Waals surface area contributed by atoms with Crippen LogP contribution < -0.4 is 9.62 Å². The predicted octanol–water partition coefficient (Wildman–Crippen LogP) is 4.24. The van der Waals surface area contributed by atoms with E-state index in [1.165, 1.54) is 46.8 Å². The summed E-state index contributed by atoms with van der Waals surface area (Å²) in [5, 5.41) is 2.65. The molecule has 0 aliphatic carbocycles. The first kappa shape index (κ1) is 25.6. The molecule has 0 aliphatic heterocycles. The van der Waals surface area contributed by atoms with Crippen molar-refractivity contribution in [3.05, 3.63) is 108 Å². The monoisotopic (exact) mass is 496 g/mol. The van der Waals surface area contributed by atoms with E-state index in [0.717, 1.165) is 0 Å². The Hall–Kier alpha value is -3.98. The third-order valence-electron chi connectivity index (χ3n) is 5.08. The van der Waals surface area contributed by atoms with Gasteiger partial charge in [0.15, 0.2) is 6.61 Å². The highest BCUT2D eigenvalue weighted by atomic mass is 32.2. The van der Waals surface area contributed by atoms with Crippen LogP contribution in [0.3, 0.4) is 0 Å². The van der Waals surface area contributed by atoms with Crippen LogP contribution in [0.5, 0.6) is 0 Å². The Labute approximate surface area is 203 Å². The molecule has 0 spiro atoms. The molecule has 3 aromatic carbocycles. The first-order valence-corrected chi connectivity index (χ1v) is 12.2. The highest BCUT2D eigenvalue weighted by molar-refractivity contribution is 7.92. The molecule has 0 aromatic heterocycles. The van der Waals surface area contributed by atoms with Crippen molar-refractivity contribution in [2.24, 2.45) is 0 Å². The number of amides is 1. The minimum absolute atomic E-state index is 0.0166. The van der Waals surface area contributed by atoms with Gasteiger partial charge in [0.2, 0.25) is 0 Å². The second-order valence-corrected chi connectivity index (χ2v) is 9.47. The number of nitrogens with one attached hydrogen (secondary N) is 1. The van der Waals surface area contributed by atoms with Gasteiger partial charge in [-0.15, -0.1) is 6.58 Å². The van der Waals surface area contributed by atoms with Crippen LogP contribution >= 0.6 is 0 Å². The number of para-hydroxylation sites is 1. The lowest BCUT2D eigenvalue weighted by atomic mass is 10.1. The number of hydrogen-bond acceptors (Lipinski definition) is 5. The second kappa shape index (κ2) is 11.4. The molecule has 0 heterocycles. The zero-order valence-corrected chi connectivity index (χ0v) is 19.9. The summed E-state index contributed by atoms with van der Waals surface area (Å²) < 4.78 is 45.9. The van der Waals surface area contributed by atoms with Crippen molar-refractivity contribution in [2.45, 2.75) is 17.9 Å². The van der Waals surface area contributed by atoms with E-state index < -0.39 is 34.5 Å². The van der Waals surface area contributed by atoms with E-state index in [-0.39, 0.29) is 22.8 Å². The molecule has 3 rings (SSSR count). The van der Waals surface area contributed by atoms with Crippen molar-refractivity contribution in [2.75, 3.05) is 17.5 Å². The average Bonchev–Trinajstić information content (AvgIpc) is 2.86. The van der Waals surface area contributed by atoms with Crippen molar-refractivity contribution in [3.8, 4) is 0 Å². The Bertz CT molecular complexity index is 1290. The van der Waals surface area contributed by atoms with E-state index in [0.29, 0.717) is 11.3 Å². The lowest BCUT2D eigenvalue weighted by molar-refractivity contribution is -0.124. The standard InChI is InChI=1S/C26H25FN2O5S/c1-3-16-29(23-9-5-4-6-10-23)35(32,33)24-11-7-8-21(17-24)26(31)34-18-25(30)28-19(2)20-12-14-22(27)15-13-20/h3-15,17,19H,1,16,18H2,2H3,(H,28,30)/t19-/m1/s1. The van der Waals surface area contributed by atoms with Gasteiger partial charge in [0.05, 0.1) is 28.7 Å². The number of hydrogen-bond donors (Lipinski definition) is 1. The number of carbonyl (C=O) groups excluding carboxylic acids is 2. The first-order chi connectivity index (χ1) is 16.7. The van der Waals surface area contributed by atoms with E-state index in [9.17, 15) is 22.4 Å². The van der Waals surface area contributed by atoms with Gasteiger partial charge >= 0.3 is 5.97 Å². The number of carbonyl (C=O) groups is 2. The Morgan fingerprint density at radius 2 is 1.74 bits per heavy atom. The molecule has 0 radical (unpaired) electrons. The smallest absolute Gasteiger partial charge is 0.338 e. The van der Waals surface area contributed by atoms with Crippen molar-refractivity contribution >= 4 is 27.6 Å². The number of esters is 1. The van der Waals surface area contributed by atoms with Crippen LogP contribution in [0.1, 0.15) is 28.9 Å². The van der Waals surface area contributed by atoms with E-state index in [1.807, 2.05) is 0 Å². The summed E-state index contributed by atoms with van der Waals surface area (Å²) in [7, 11) is -4.00. The Morgan fingerprint density at radius 3 is 2.40 bits per heavy atom. The van der Waals surface area contributed by atoms with E-state index in [1.54, 1.807) is 49.4 Å². The van der Waals surface area contributed by atoms with E-state index >= 15 is 0 Å². The molecule has 0 fully saturated rings. The average molecular weight is 497 g/mol. The molecule has 0 saturated heterocycles. The molecule has 0 unspecified atom stereocenters. The molecule has 7 nitrogen and oxygen atoms in total. The first-order valence-electron chi connectivity index (χ1n) is 10.7. The Balaban J connectivity index is 1.68. The summed E-state index contributed by atoms with van der Waals surface area (Å²) in [6.45, 7) is 4.81. The van der Waals surface area contributed by atoms with Gasteiger partial charge in [0, 0.05) is 0 Å². The van der Waals surface area contributed by atoms with Crippen LogP contribution in [0.15, 0.2) is 96.4 Å². The summed E-state index contributed by atoms with van der Waals surface area (Å²) in [5.74, 6) is -1.79. The molecular weight excluding hydrogens is 471 g/mol. The van der Waals surface area contributed by atoms with E-state index in [4.69, 9.17) is 4.74 Å². The zero-order valence-electron chi connectivity index (χ0n) is 19.1. The van der Waals surface area contributed by atoms with Gasteiger partial charge in [-0.3, -0.25) is 9.10 Å². The van der Waals surface area contributed by atoms with Gasteiger partial charge in [-0.2, -0.15) is 0 Å². The molecule has 1 N–H and O–H groups in total. The SMILES string of the molecule is C=CCN(c1ccccc1)S(=O)(=O)c1cccc(C(=O)OCC(=O)N[C@H](C)c2ccc(F)cc2)c1. The Morgan fingerprint density at radius 1 is 1.06 bits per heavy atom. The maximum Gasteiger partial charge on any atom is 0.338 e. The molecule has 0 bridgehead atoms. The minimum atomic E-state index is -4.00. The lowest BCUT2D eigenvalue weighted by Crippen LogP contribution is -2.32. The minimum Gasteiger partial charge on any atom is -0.452 e. The fourth-order valence-electron chi connectivity index (χ4n) is 3.30. The second-order valence-electron chi connectivity index (χ2n) is 7.61. The van der Waals surface area contributed by atoms with Crippen molar-refractivity contribution in [1.29, 1.82) is 0 Å². The quantitative estimate of drug-likeness (QED) is 0.335. The molecule has 182 valence electrons. The van der Waals surface area contributed by atoms with Crippen LogP contribution in [-0.4, -0.2) is 33.4 Å². The van der Waals surface area contributed by atoms with Crippen LogP contribution in [0.4, 0.5) is 10.1 Å². The summed E-state index contributed by atoms with van der Waals surface area (Å²) in [5.41, 5.74) is 1.12. The molecular formula is C26H25FN2O5S. The molecule has 1 atom stereocenters. The zero-order chi connectivity index (χ0) is 25.4. The Kier molecular flexibility index (Phi) is 8.38. The summed E-state index contributed by atoms with van der Waals surface area (Å²) >= 11 is 0. The number of rotatable bonds is 10. The number of halogens is 1. The number of ether oxygens (including phenoxy) is 1. The molecule has 0 saturated carbocycles. The van der Waals surface area contributed by atoms with Gasteiger partial charge in [0.25, 0.3) is 15.9 Å². The molecule has 1 amide bonds. The highest BCUT2D eigenvalue weighted by Gasteiger charge is 2.25. The predicted molar refractivity (Wildman–Crippen MR) is 131 cm³/mol. The van der Waals surface area contributed by atoms with Gasteiger partial charge in [0.1, 0.15) is 5.82 Å². The normalized spacial score (nSPS) is 11.8. The fourth-order valence-corrected chi connectivity index (χ4v) is 4.78. The molecule has 3 aromatic rings. The number of sulfonamides is 1. The van der Waals surface area contributed by atoms with E-state index in [2.05, 4.69) is 11.9 Å². The number of nitrogens with zero attached hydrogens (tertiary/aromatic N) is 1. The maximum absolute atomic E-state index is 13.3. The van der Waals surface area contributed by atoms with Crippen molar-refractivity contribution in [3.63, 3.8) is 0 Å². The van der Waals surface area contributed by atoms with Gasteiger partial charge < -0.3 is 10.1 Å². The lowest BCUT2D eigenvalue weighted by Gasteiger charge is -2.23.